The molecule has 0 heterocycles. The van der Waals surface area contributed by atoms with Crippen LogP contribution in [-0.4, -0.2) is 172 Å². The molecule has 0 saturated carbocycles. The van der Waals surface area contributed by atoms with E-state index in [9.17, 15) is 0 Å². The van der Waals surface area contributed by atoms with Crippen LogP contribution in [0.15, 0.2) is 0 Å². The van der Waals surface area contributed by atoms with Crippen molar-refractivity contribution in [2.75, 3.05) is 0 Å². The van der Waals surface area contributed by atoms with Gasteiger partial charge in [-0.3, -0.25) is 0 Å². The van der Waals surface area contributed by atoms with Gasteiger partial charge in [0.15, 0.2) is 0 Å². The predicted molar refractivity (Wildman–Crippen MR) is 50.8 cm³/mol. The van der Waals surface area contributed by atoms with Crippen LogP contribution in [0.25, 0.3) is 0 Å². The smallest absolute Gasteiger partial charge is 0.870 e. The van der Waals surface area contributed by atoms with E-state index < -0.39 is 36.7 Å². The molecular weight excluding hydrogens is 685 g/mol. The summed E-state index contributed by atoms with van der Waals surface area (Å²) in [5.74, 6) is 0. The summed E-state index contributed by atoms with van der Waals surface area (Å²) in [6, 6.07) is 0. The molecule has 0 aromatic carbocycles. The average molecular weight is 689 g/mol. The third-order valence-corrected chi connectivity index (χ3v) is 0. The van der Waals surface area contributed by atoms with Gasteiger partial charge in [-0.1, -0.05) is 0 Å². The minimum atomic E-state index is -3.63. The van der Waals surface area contributed by atoms with Crippen molar-refractivity contribution >= 4 is 150 Å². The molecular formula is H4Ca3O16Si4Zn3. The average Bonchev–Trinajstić information content (AvgIpc) is 1.76. The van der Waals surface area contributed by atoms with Crippen LogP contribution in [0.2, 0.25) is 0 Å². The molecule has 128 valence electrons. The molecule has 0 aliphatic rings. The van der Waals surface area contributed by atoms with Crippen molar-refractivity contribution in [3.63, 3.8) is 0 Å². The SMILES string of the molecule is O=[Si]([O-])[O-].O=[Si]([O-])[O-].O=[Si]([O-])[O-].O=[Si]([O-])[O-].[Ca+2].[Ca+2].[Ca+2].[OH-].[OH-].[OH-].[OH-].[Zn+2].[Zn+2].[Zn+2]. The van der Waals surface area contributed by atoms with Crippen LogP contribution in [0.5, 0.6) is 0 Å². The van der Waals surface area contributed by atoms with E-state index >= 15 is 0 Å². The minimum Gasteiger partial charge on any atom is -0.870 e. The molecule has 0 spiro atoms. The van der Waals surface area contributed by atoms with Gasteiger partial charge in [-0.25, -0.2) is 0 Å². The first kappa shape index (κ1) is 98.7. The zero-order valence-corrected chi connectivity index (χ0v) is 32.5. The summed E-state index contributed by atoms with van der Waals surface area (Å²) >= 11 is 0. The second kappa shape index (κ2) is 88.9. The summed E-state index contributed by atoms with van der Waals surface area (Å²) in [7, 11) is -14.5. The van der Waals surface area contributed by atoms with Crippen LogP contribution in [0.1, 0.15) is 0 Å². The van der Waals surface area contributed by atoms with Gasteiger partial charge < -0.3 is 78.1 Å². The second-order valence-corrected chi connectivity index (χ2v) is 3.00. The van der Waals surface area contributed by atoms with Crippen LogP contribution in [0, 0.1) is 0 Å². The molecule has 0 rings (SSSR count). The monoisotopic (exact) mass is 684 g/mol. The molecule has 0 bridgehead atoms. The normalized spacial score (nSPS) is 3.69. The van der Waals surface area contributed by atoms with Crippen LogP contribution in [-0.2, 0) is 76.3 Å². The van der Waals surface area contributed by atoms with E-state index in [4.69, 9.17) is 56.2 Å². The van der Waals surface area contributed by atoms with Gasteiger partial charge in [-0.05, 0) is 0 Å². The summed E-state index contributed by atoms with van der Waals surface area (Å²) < 4.78 is 34.1. The summed E-state index contributed by atoms with van der Waals surface area (Å²) in [5.41, 5.74) is 0. The fraction of sp³-hybridized carbons (Fsp3) is 0. The molecule has 0 aliphatic carbocycles. The Morgan fingerprint density at radius 1 is 0.346 bits per heavy atom. The molecule has 26 heteroatoms. The van der Waals surface area contributed by atoms with Gasteiger partial charge in [-0.2, -0.15) is 0 Å². The van der Waals surface area contributed by atoms with E-state index in [2.05, 4.69) is 0 Å². The van der Waals surface area contributed by atoms with Crippen LogP contribution in [0.3, 0.4) is 0 Å². The number of hydrogen-bond acceptors (Lipinski definition) is 16. The van der Waals surface area contributed by atoms with Crippen molar-refractivity contribution in [3.8, 4) is 0 Å². The van der Waals surface area contributed by atoms with E-state index in [1.807, 2.05) is 0 Å². The first-order chi connectivity index (χ1) is 6.93. The molecule has 0 saturated heterocycles. The summed E-state index contributed by atoms with van der Waals surface area (Å²) in [6.45, 7) is 0. The Morgan fingerprint density at radius 3 is 0.346 bits per heavy atom. The molecule has 0 unspecified atom stereocenters. The van der Waals surface area contributed by atoms with Crippen LogP contribution in [0.4, 0.5) is 0 Å². The summed E-state index contributed by atoms with van der Waals surface area (Å²) in [5, 5.41) is 0. The zero-order chi connectivity index (χ0) is 14.3. The topological polar surface area (TPSA) is 373 Å². The van der Waals surface area contributed by atoms with E-state index in [-0.39, 0.29) is 194 Å². The molecule has 0 aromatic heterocycles. The van der Waals surface area contributed by atoms with Crippen molar-refractivity contribution < 1.29 is 137 Å². The Kier molecular flexibility index (Phi) is 337. The largest absolute Gasteiger partial charge is 2.00 e. The van der Waals surface area contributed by atoms with Crippen molar-refractivity contribution in [3.05, 3.63) is 0 Å². The van der Waals surface area contributed by atoms with Crippen LogP contribution < -0.4 is 38.4 Å². The van der Waals surface area contributed by atoms with Crippen molar-refractivity contribution in [2.24, 2.45) is 0 Å². The Hall–Kier alpha value is 3.96. The standard InChI is InChI=1S/3Ca.4O3Si.4H2O.3Zn/c;;;4*1-4(2)3;;;;;;;/h;;;;;;;4*1H2;;;/q3*+2;4*-2;;;;;3*+2/p-4. The Morgan fingerprint density at radius 2 is 0.346 bits per heavy atom. The van der Waals surface area contributed by atoms with Gasteiger partial charge in [-0.15, -0.1) is 0 Å². The Bertz CT molecular complexity index is 181. The van der Waals surface area contributed by atoms with E-state index in [1.54, 1.807) is 0 Å². The third-order valence-electron chi connectivity index (χ3n) is 0. The molecule has 16 nitrogen and oxygen atoms in total. The van der Waals surface area contributed by atoms with Crippen molar-refractivity contribution in [1.82, 2.24) is 0 Å². The van der Waals surface area contributed by atoms with Gasteiger partial charge >= 0.3 is 172 Å². The van der Waals surface area contributed by atoms with Crippen LogP contribution >= 0.6 is 0 Å². The first-order valence-corrected chi connectivity index (χ1v) is 7.35. The van der Waals surface area contributed by atoms with E-state index in [0.29, 0.717) is 0 Å². The quantitative estimate of drug-likeness (QED) is 0.213. The molecule has 0 radical (unpaired) electrons. The maximum atomic E-state index is 8.52. The van der Waals surface area contributed by atoms with E-state index in [0.717, 1.165) is 0 Å². The Balaban J connectivity index is -0.00000000545. The fourth-order valence-corrected chi connectivity index (χ4v) is 0. The molecule has 0 fully saturated rings. The molecule has 0 aromatic rings. The minimum absolute atomic E-state index is 0. The molecule has 4 N–H and O–H groups in total. The fourth-order valence-electron chi connectivity index (χ4n) is 0. The maximum absolute atomic E-state index is 8.52. The van der Waals surface area contributed by atoms with Gasteiger partial charge in [0.2, 0.25) is 0 Å². The molecule has 0 atom stereocenters. The van der Waals surface area contributed by atoms with Gasteiger partial charge in [0, 0.05) is 36.7 Å². The summed E-state index contributed by atoms with van der Waals surface area (Å²) in [6.07, 6.45) is 0. The van der Waals surface area contributed by atoms with Gasteiger partial charge in [0.05, 0.1) is 0 Å². The predicted octanol–water partition coefficient (Wildman–Crippen LogP) is -13.4. The number of rotatable bonds is 0. The number of hydrogen-bond donors (Lipinski definition) is 0. The third kappa shape index (κ3) is 1300. The zero-order valence-electron chi connectivity index (χ0n) is 12.9. The van der Waals surface area contributed by atoms with Gasteiger partial charge in [0.1, 0.15) is 0 Å². The van der Waals surface area contributed by atoms with E-state index in [1.165, 1.54) is 0 Å². The Labute approximate surface area is 280 Å². The van der Waals surface area contributed by atoms with Crippen molar-refractivity contribution in [1.29, 1.82) is 0 Å². The second-order valence-electron chi connectivity index (χ2n) is 1.00. The molecule has 0 amide bonds. The molecule has 26 heavy (non-hydrogen) atoms. The molecule has 0 aliphatic heterocycles. The maximum Gasteiger partial charge on any atom is 2.00 e. The van der Waals surface area contributed by atoms with Gasteiger partial charge in [0.25, 0.3) is 0 Å². The summed E-state index contributed by atoms with van der Waals surface area (Å²) in [4.78, 5) is 68.1. The van der Waals surface area contributed by atoms with Crippen molar-refractivity contribution in [2.45, 2.75) is 0 Å². The first-order valence-electron chi connectivity index (χ1n) is 2.45.